The Bertz CT molecular complexity index is 1330. The van der Waals surface area contributed by atoms with Crippen molar-refractivity contribution in [1.82, 2.24) is 10.1 Å². The predicted molar refractivity (Wildman–Crippen MR) is 110 cm³/mol. The second kappa shape index (κ2) is 7.82. The van der Waals surface area contributed by atoms with E-state index in [2.05, 4.69) is 15.5 Å². The molecule has 0 aliphatic heterocycles. The van der Waals surface area contributed by atoms with Gasteiger partial charge in [-0.25, -0.2) is 9.37 Å². The minimum atomic E-state index is -0.616. The summed E-state index contributed by atoms with van der Waals surface area (Å²) in [6, 6.07) is 11.2. The normalized spacial score (nSPS) is 10.8. The van der Waals surface area contributed by atoms with Gasteiger partial charge in [0.1, 0.15) is 11.6 Å². The van der Waals surface area contributed by atoms with Crippen molar-refractivity contribution in [2.75, 3.05) is 12.4 Å². The average molecular weight is 422 g/mol. The fourth-order valence-corrected chi connectivity index (χ4v) is 3.18. The minimum absolute atomic E-state index is 0.0643. The second-order valence-corrected chi connectivity index (χ2v) is 6.58. The number of carbonyl (C=O) groups is 1. The summed E-state index contributed by atoms with van der Waals surface area (Å²) in [5.41, 5.74) is 0.847. The summed E-state index contributed by atoms with van der Waals surface area (Å²) >= 11 is 0. The molecule has 0 bridgehead atoms. The van der Waals surface area contributed by atoms with Crippen LogP contribution < -0.4 is 10.1 Å². The lowest BCUT2D eigenvalue weighted by atomic mass is 10.0. The summed E-state index contributed by atoms with van der Waals surface area (Å²) in [4.78, 5) is 28.0. The maximum absolute atomic E-state index is 14.3. The van der Waals surface area contributed by atoms with Crippen LogP contribution in [0, 0.1) is 22.9 Å². The number of fused-ring (bicyclic) bond motifs is 1. The number of hydrogen-bond donors (Lipinski definition) is 1. The maximum atomic E-state index is 14.3. The summed E-state index contributed by atoms with van der Waals surface area (Å²) in [6.45, 7) is 1.64. The van der Waals surface area contributed by atoms with Crippen LogP contribution in [0.5, 0.6) is 5.75 Å². The molecule has 0 fully saturated rings. The van der Waals surface area contributed by atoms with Crippen LogP contribution in [0.4, 0.5) is 15.8 Å². The highest BCUT2D eigenvalue weighted by atomic mass is 19.1. The maximum Gasteiger partial charge on any atom is 0.271 e. The van der Waals surface area contributed by atoms with Crippen molar-refractivity contribution >= 4 is 28.4 Å². The molecule has 1 amide bonds. The van der Waals surface area contributed by atoms with Gasteiger partial charge in [0, 0.05) is 17.7 Å². The number of halogens is 1. The van der Waals surface area contributed by atoms with Gasteiger partial charge < -0.3 is 14.6 Å². The Labute approximate surface area is 174 Å². The zero-order valence-electron chi connectivity index (χ0n) is 16.4. The number of nitrogens with zero attached hydrogens (tertiary/aromatic N) is 3. The largest absolute Gasteiger partial charge is 0.495 e. The number of aromatic nitrogens is 2. The standard InChI is InChI=1S/C21H15FN4O5/c1-11-19-14(20(27)23-17-9-12(26(28)29)7-8-18(17)30-2)10-16(24-21(19)31-25-11)13-5-3-4-6-15(13)22/h3-10H,1-2H3,(H,23,27). The number of methoxy groups -OCH3 is 1. The number of nitrogens with one attached hydrogen (secondary N) is 1. The fraction of sp³-hybridized carbons (Fsp3) is 0.0952. The van der Waals surface area contributed by atoms with Gasteiger partial charge in [-0.2, -0.15) is 0 Å². The van der Waals surface area contributed by atoms with E-state index in [-0.39, 0.29) is 39.7 Å². The number of rotatable bonds is 5. The Morgan fingerprint density at radius 2 is 2.00 bits per heavy atom. The van der Waals surface area contributed by atoms with Crippen LogP contribution in [0.2, 0.25) is 0 Å². The van der Waals surface area contributed by atoms with Crippen molar-refractivity contribution in [3.8, 4) is 17.0 Å². The number of aryl methyl sites for hydroxylation is 1. The predicted octanol–water partition coefficient (Wildman–Crippen LogP) is 4.51. The van der Waals surface area contributed by atoms with E-state index < -0.39 is 16.6 Å². The lowest BCUT2D eigenvalue weighted by Crippen LogP contribution is -2.14. The quantitative estimate of drug-likeness (QED) is 0.371. The molecule has 2 aromatic heterocycles. The molecule has 0 atom stereocenters. The summed E-state index contributed by atoms with van der Waals surface area (Å²) in [6.07, 6.45) is 0. The average Bonchev–Trinajstić information content (AvgIpc) is 3.14. The molecule has 10 heteroatoms. The molecular formula is C21H15FN4O5. The van der Waals surface area contributed by atoms with Crippen molar-refractivity contribution in [2.45, 2.75) is 6.92 Å². The molecule has 2 heterocycles. The molecule has 156 valence electrons. The van der Waals surface area contributed by atoms with E-state index in [9.17, 15) is 19.3 Å². The van der Waals surface area contributed by atoms with Crippen LogP contribution in [0.15, 0.2) is 53.1 Å². The number of nitro groups is 1. The van der Waals surface area contributed by atoms with Crippen LogP contribution >= 0.6 is 0 Å². The Morgan fingerprint density at radius 1 is 1.23 bits per heavy atom. The van der Waals surface area contributed by atoms with Crippen LogP contribution in [0.25, 0.3) is 22.4 Å². The van der Waals surface area contributed by atoms with Crippen molar-refractivity contribution in [3.05, 3.63) is 75.7 Å². The molecular weight excluding hydrogens is 407 g/mol. The van der Waals surface area contributed by atoms with Gasteiger partial charge >= 0.3 is 0 Å². The first-order valence-electron chi connectivity index (χ1n) is 9.04. The monoisotopic (exact) mass is 422 g/mol. The summed E-state index contributed by atoms with van der Waals surface area (Å²) in [7, 11) is 1.38. The first-order valence-corrected chi connectivity index (χ1v) is 9.04. The van der Waals surface area contributed by atoms with Crippen LogP contribution in [-0.4, -0.2) is 28.1 Å². The molecule has 9 nitrogen and oxygen atoms in total. The Balaban J connectivity index is 1.83. The smallest absolute Gasteiger partial charge is 0.271 e. The van der Waals surface area contributed by atoms with Gasteiger partial charge in [-0.3, -0.25) is 14.9 Å². The van der Waals surface area contributed by atoms with Crippen molar-refractivity contribution in [3.63, 3.8) is 0 Å². The third kappa shape index (κ3) is 3.66. The van der Waals surface area contributed by atoms with E-state index in [1.807, 2.05) is 0 Å². The molecule has 4 aromatic rings. The van der Waals surface area contributed by atoms with Gasteiger partial charge in [0.05, 0.1) is 40.1 Å². The van der Waals surface area contributed by atoms with E-state index in [0.29, 0.717) is 11.1 Å². The number of benzene rings is 2. The number of pyridine rings is 1. The molecule has 0 unspecified atom stereocenters. The molecule has 2 aromatic carbocycles. The van der Waals surface area contributed by atoms with Crippen molar-refractivity contribution < 1.29 is 23.4 Å². The Hall–Kier alpha value is -4.34. The highest BCUT2D eigenvalue weighted by Crippen LogP contribution is 2.32. The zero-order valence-corrected chi connectivity index (χ0v) is 16.4. The molecule has 0 spiro atoms. The van der Waals surface area contributed by atoms with Gasteiger partial charge in [-0.1, -0.05) is 17.3 Å². The van der Waals surface area contributed by atoms with Crippen molar-refractivity contribution in [2.24, 2.45) is 0 Å². The summed E-state index contributed by atoms with van der Waals surface area (Å²) in [5.74, 6) is -0.895. The van der Waals surface area contributed by atoms with Gasteiger partial charge in [0.15, 0.2) is 0 Å². The fourth-order valence-electron chi connectivity index (χ4n) is 3.18. The lowest BCUT2D eigenvalue weighted by molar-refractivity contribution is -0.384. The Morgan fingerprint density at radius 3 is 2.71 bits per heavy atom. The second-order valence-electron chi connectivity index (χ2n) is 6.58. The number of carbonyl (C=O) groups excluding carboxylic acids is 1. The first kappa shape index (κ1) is 20.0. The van der Waals surface area contributed by atoms with Gasteiger partial charge in [0.2, 0.25) is 0 Å². The minimum Gasteiger partial charge on any atom is -0.495 e. The van der Waals surface area contributed by atoms with E-state index in [1.165, 1.54) is 49.6 Å². The molecule has 4 rings (SSSR count). The van der Waals surface area contributed by atoms with Crippen LogP contribution in [0.3, 0.4) is 0 Å². The third-order valence-electron chi connectivity index (χ3n) is 4.65. The number of amides is 1. The highest BCUT2D eigenvalue weighted by Gasteiger charge is 2.22. The summed E-state index contributed by atoms with van der Waals surface area (Å²) in [5, 5.41) is 17.9. The van der Waals surface area contributed by atoms with Gasteiger partial charge in [-0.05, 0) is 31.2 Å². The lowest BCUT2D eigenvalue weighted by Gasteiger charge is -2.11. The molecule has 1 N–H and O–H groups in total. The molecule has 0 aliphatic rings. The summed E-state index contributed by atoms with van der Waals surface area (Å²) < 4.78 is 24.7. The van der Waals surface area contributed by atoms with Gasteiger partial charge in [-0.15, -0.1) is 0 Å². The number of hydrogen-bond acceptors (Lipinski definition) is 7. The Kier molecular flexibility index (Phi) is 5.04. The van der Waals surface area contributed by atoms with E-state index >= 15 is 0 Å². The third-order valence-corrected chi connectivity index (χ3v) is 4.65. The van der Waals surface area contributed by atoms with Crippen molar-refractivity contribution in [1.29, 1.82) is 0 Å². The molecule has 0 saturated carbocycles. The zero-order chi connectivity index (χ0) is 22.1. The number of anilines is 1. The molecule has 31 heavy (non-hydrogen) atoms. The van der Waals surface area contributed by atoms with E-state index in [1.54, 1.807) is 13.0 Å². The molecule has 0 saturated heterocycles. The highest BCUT2D eigenvalue weighted by molar-refractivity contribution is 6.13. The number of non-ortho nitro benzene ring substituents is 1. The number of nitro benzene ring substituents is 1. The first-order chi connectivity index (χ1) is 14.9. The van der Waals surface area contributed by atoms with Crippen LogP contribution in [-0.2, 0) is 0 Å². The topological polar surface area (TPSA) is 120 Å². The SMILES string of the molecule is COc1ccc([N+](=O)[O-])cc1NC(=O)c1cc(-c2ccccc2F)nc2onc(C)c12. The van der Waals surface area contributed by atoms with E-state index in [4.69, 9.17) is 9.26 Å². The number of ether oxygens (including phenoxy) is 1. The molecule has 0 aliphatic carbocycles. The molecule has 0 radical (unpaired) electrons. The van der Waals surface area contributed by atoms with E-state index in [0.717, 1.165) is 0 Å². The van der Waals surface area contributed by atoms with Gasteiger partial charge in [0.25, 0.3) is 17.3 Å². The van der Waals surface area contributed by atoms with Crippen LogP contribution in [0.1, 0.15) is 16.1 Å².